The van der Waals surface area contributed by atoms with Crippen molar-refractivity contribution >= 4 is 29.2 Å². The highest BCUT2D eigenvalue weighted by molar-refractivity contribution is 6.30. The van der Waals surface area contributed by atoms with Crippen LogP contribution in [0.4, 0.5) is 5.69 Å². The number of halogens is 1. The lowest BCUT2D eigenvalue weighted by Gasteiger charge is -2.08. The highest BCUT2D eigenvalue weighted by Gasteiger charge is 2.23. The number of H-pyrrole nitrogens is 1. The van der Waals surface area contributed by atoms with Crippen molar-refractivity contribution in [3.05, 3.63) is 51.8 Å². The Labute approximate surface area is 140 Å². The minimum absolute atomic E-state index is 0.220. The van der Waals surface area contributed by atoms with Gasteiger partial charge in [-0.05, 0) is 57.5 Å². The minimum Gasteiger partial charge on any atom is -0.459 e. The van der Waals surface area contributed by atoms with Gasteiger partial charge in [-0.2, -0.15) is 0 Å². The number of carbonyl (C=O) groups is 2. The van der Waals surface area contributed by atoms with Crippen LogP contribution in [0.5, 0.6) is 0 Å². The number of aromatic amines is 1. The number of esters is 1. The van der Waals surface area contributed by atoms with E-state index < -0.39 is 5.97 Å². The van der Waals surface area contributed by atoms with Crippen LogP contribution >= 0.6 is 11.6 Å². The first-order valence-corrected chi connectivity index (χ1v) is 7.64. The standard InChI is InChI=1S/C17H19ClN2O3/c1-9(2)23-17(22)14-10(3)15(19-11(14)4)16(21)20-13-7-5-12(18)6-8-13/h5-9,19H,1-4H3,(H,20,21). The minimum atomic E-state index is -0.434. The van der Waals surface area contributed by atoms with Gasteiger partial charge in [0.25, 0.3) is 5.91 Å². The molecule has 0 aliphatic carbocycles. The van der Waals surface area contributed by atoms with E-state index in [1.54, 1.807) is 52.0 Å². The van der Waals surface area contributed by atoms with Gasteiger partial charge in [0.1, 0.15) is 5.69 Å². The van der Waals surface area contributed by atoms with Crippen molar-refractivity contribution in [1.82, 2.24) is 4.98 Å². The number of nitrogens with one attached hydrogen (secondary N) is 2. The molecule has 0 radical (unpaired) electrons. The zero-order valence-corrected chi connectivity index (χ0v) is 14.2. The summed E-state index contributed by atoms with van der Waals surface area (Å²) in [6.45, 7) is 7.02. The molecule has 2 rings (SSSR count). The number of rotatable bonds is 4. The number of hydrogen-bond acceptors (Lipinski definition) is 3. The summed E-state index contributed by atoms with van der Waals surface area (Å²) in [5, 5.41) is 3.36. The molecule has 0 bridgehead atoms. The summed E-state index contributed by atoms with van der Waals surface area (Å²) in [4.78, 5) is 27.5. The molecule has 1 amide bonds. The molecule has 0 saturated heterocycles. The van der Waals surface area contributed by atoms with Crippen LogP contribution in [0, 0.1) is 13.8 Å². The van der Waals surface area contributed by atoms with Gasteiger partial charge >= 0.3 is 5.97 Å². The average Bonchev–Trinajstić information content (AvgIpc) is 2.76. The molecule has 0 unspecified atom stereocenters. The molecule has 5 nitrogen and oxygen atoms in total. The monoisotopic (exact) mass is 334 g/mol. The maximum absolute atomic E-state index is 12.4. The lowest BCUT2D eigenvalue weighted by atomic mass is 10.1. The summed E-state index contributed by atoms with van der Waals surface area (Å²) in [5.74, 6) is -0.756. The van der Waals surface area contributed by atoms with Crippen LogP contribution in [-0.4, -0.2) is 23.0 Å². The Morgan fingerprint density at radius 2 is 1.78 bits per heavy atom. The van der Waals surface area contributed by atoms with Crippen LogP contribution in [0.2, 0.25) is 5.02 Å². The molecule has 0 spiro atoms. The Morgan fingerprint density at radius 3 is 2.35 bits per heavy atom. The second-order valence-electron chi connectivity index (χ2n) is 5.54. The first-order chi connectivity index (χ1) is 10.8. The second-order valence-corrected chi connectivity index (χ2v) is 5.98. The molecular formula is C17H19ClN2O3. The third-order valence-electron chi connectivity index (χ3n) is 3.31. The molecule has 0 saturated carbocycles. The van der Waals surface area contributed by atoms with E-state index in [0.29, 0.717) is 33.2 Å². The van der Waals surface area contributed by atoms with Crippen molar-refractivity contribution in [2.45, 2.75) is 33.8 Å². The summed E-state index contributed by atoms with van der Waals surface area (Å²) >= 11 is 5.82. The Kier molecular flexibility index (Phi) is 5.11. The van der Waals surface area contributed by atoms with Gasteiger partial charge in [0, 0.05) is 16.4 Å². The highest BCUT2D eigenvalue weighted by atomic mass is 35.5. The Hall–Kier alpha value is -2.27. The average molecular weight is 335 g/mol. The van der Waals surface area contributed by atoms with E-state index in [-0.39, 0.29) is 12.0 Å². The zero-order chi connectivity index (χ0) is 17.1. The van der Waals surface area contributed by atoms with Crippen molar-refractivity contribution in [1.29, 1.82) is 0 Å². The molecule has 1 aromatic heterocycles. The molecule has 0 fully saturated rings. The molecule has 23 heavy (non-hydrogen) atoms. The van der Waals surface area contributed by atoms with E-state index in [4.69, 9.17) is 16.3 Å². The fourth-order valence-corrected chi connectivity index (χ4v) is 2.41. The van der Waals surface area contributed by atoms with Gasteiger partial charge in [0.15, 0.2) is 0 Å². The van der Waals surface area contributed by atoms with Gasteiger partial charge in [-0.1, -0.05) is 11.6 Å². The number of hydrogen-bond donors (Lipinski definition) is 2. The summed E-state index contributed by atoms with van der Waals surface area (Å²) in [6.07, 6.45) is -0.220. The number of carbonyl (C=O) groups excluding carboxylic acids is 2. The molecule has 1 aromatic carbocycles. The van der Waals surface area contributed by atoms with Crippen molar-refractivity contribution in [2.24, 2.45) is 0 Å². The van der Waals surface area contributed by atoms with Crippen molar-refractivity contribution in [2.75, 3.05) is 5.32 Å². The van der Waals surface area contributed by atoms with E-state index in [9.17, 15) is 9.59 Å². The Bertz CT molecular complexity index is 733. The number of benzene rings is 1. The molecule has 2 aromatic rings. The zero-order valence-electron chi connectivity index (χ0n) is 13.5. The number of ether oxygens (including phenoxy) is 1. The van der Waals surface area contributed by atoms with Crippen LogP contribution in [-0.2, 0) is 4.74 Å². The lowest BCUT2D eigenvalue weighted by Crippen LogP contribution is -2.15. The second kappa shape index (κ2) is 6.87. The molecule has 0 atom stereocenters. The van der Waals surface area contributed by atoms with E-state index in [2.05, 4.69) is 10.3 Å². The predicted molar refractivity (Wildman–Crippen MR) is 90.2 cm³/mol. The topological polar surface area (TPSA) is 71.2 Å². The molecule has 1 heterocycles. The van der Waals surface area contributed by atoms with Crippen molar-refractivity contribution < 1.29 is 14.3 Å². The molecule has 122 valence electrons. The Balaban J connectivity index is 2.24. The van der Waals surface area contributed by atoms with E-state index in [1.807, 2.05) is 0 Å². The summed E-state index contributed by atoms with van der Waals surface area (Å²) in [7, 11) is 0. The maximum atomic E-state index is 12.4. The fraction of sp³-hybridized carbons (Fsp3) is 0.294. The van der Waals surface area contributed by atoms with Gasteiger partial charge in [0.2, 0.25) is 0 Å². The molecule has 6 heteroatoms. The molecule has 2 N–H and O–H groups in total. The third-order valence-corrected chi connectivity index (χ3v) is 3.57. The first-order valence-electron chi connectivity index (χ1n) is 7.26. The van der Waals surface area contributed by atoms with Crippen LogP contribution < -0.4 is 5.32 Å². The van der Waals surface area contributed by atoms with Gasteiger partial charge < -0.3 is 15.0 Å². The molecule has 0 aliphatic rings. The number of anilines is 1. The first kappa shape index (κ1) is 17.1. The Morgan fingerprint density at radius 1 is 1.17 bits per heavy atom. The lowest BCUT2D eigenvalue weighted by molar-refractivity contribution is 0.0376. The molecular weight excluding hydrogens is 316 g/mol. The van der Waals surface area contributed by atoms with Gasteiger partial charge in [-0.15, -0.1) is 0 Å². The summed E-state index contributed by atoms with van der Waals surface area (Å²) in [6, 6.07) is 6.80. The van der Waals surface area contributed by atoms with Crippen molar-refractivity contribution in [3.8, 4) is 0 Å². The largest absolute Gasteiger partial charge is 0.459 e. The predicted octanol–water partition coefficient (Wildman–Crippen LogP) is 4.10. The van der Waals surface area contributed by atoms with Crippen LogP contribution in [0.1, 0.15) is 46.0 Å². The SMILES string of the molecule is Cc1[nH]c(C(=O)Nc2ccc(Cl)cc2)c(C)c1C(=O)OC(C)C. The van der Waals surface area contributed by atoms with Gasteiger partial charge in [-0.25, -0.2) is 4.79 Å². The fourth-order valence-electron chi connectivity index (χ4n) is 2.28. The van der Waals surface area contributed by atoms with Crippen molar-refractivity contribution in [3.63, 3.8) is 0 Å². The van der Waals surface area contributed by atoms with Gasteiger partial charge in [-0.3, -0.25) is 4.79 Å². The van der Waals surface area contributed by atoms with Crippen LogP contribution in [0.3, 0.4) is 0 Å². The summed E-state index contributed by atoms with van der Waals surface area (Å²) < 4.78 is 5.22. The number of aromatic nitrogens is 1. The number of amides is 1. The molecule has 0 aliphatic heterocycles. The summed E-state index contributed by atoms with van der Waals surface area (Å²) in [5.41, 5.74) is 2.54. The maximum Gasteiger partial charge on any atom is 0.340 e. The number of aryl methyl sites for hydroxylation is 1. The van der Waals surface area contributed by atoms with E-state index >= 15 is 0 Å². The van der Waals surface area contributed by atoms with Gasteiger partial charge in [0.05, 0.1) is 11.7 Å². The van der Waals surface area contributed by atoms with E-state index in [1.165, 1.54) is 0 Å². The normalized spacial score (nSPS) is 10.7. The smallest absolute Gasteiger partial charge is 0.340 e. The third kappa shape index (κ3) is 3.93. The van der Waals surface area contributed by atoms with Crippen LogP contribution in [0.25, 0.3) is 0 Å². The quantitative estimate of drug-likeness (QED) is 0.827. The van der Waals surface area contributed by atoms with E-state index in [0.717, 1.165) is 0 Å². The van der Waals surface area contributed by atoms with Crippen LogP contribution in [0.15, 0.2) is 24.3 Å². The highest BCUT2D eigenvalue weighted by Crippen LogP contribution is 2.21.